The predicted molar refractivity (Wildman–Crippen MR) is 80.8 cm³/mol. The Balaban J connectivity index is 1.55. The summed E-state index contributed by atoms with van der Waals surface area (Å²) in [5.41, 5.74) is 1.79. The van der Waals surface area contributed by atoms with E-state index in [1.807, 2.05) is 29.2 Å². The van der Waals surface area contributed by atoms with Crippen molar-refractivity contribution < 1.29 is 9.59 Å². The maximum Gasteiger partial charge on any atom is 0.253 e. The Morgan fingerprint density at radius 1 is 1.05 bits per heavy atom. The fourth-order valence-electron chi connectivity index (χ4n) is 2.72. The minimum atomic E-state index is 0.128. The van der Waals surface area contributed by atoms with Crippen molar-refractivity contribution in [2.75, 3.05) is 13.1 Å². The Morgan fingerprint density at radius 2 is 1.71 bits per heavy atom. The van der Waals surface area contributed by atoms with Crippen molar-refractivity contribution in [3.63, 3.8) is 0 Å². The van der Waals surface area contributed by atoms with Gasteiger partial charge in [0.25, 0.3) is 5.91 Å². The number of rotatable bonds is 4. The molecule has 0 bridgehead atoms. The number of hydrogen-bond donors (Lipinski definition) is 1. The Morgan fingerprint density at radius 3 is 2.33 bits per heavy atom. The summed E-state index contributed by atoms with van der Waals surface area (Å²) >= 11 is 0. The summed E-state index contributed by atoms with van der Waals surface area (Å²) in [5.74, 6) is 0.525. The van der Waals surface area contributed by atoms with Crippen LogP contribution in [-0.4, -0.2) is 29.8 Å². The van der Waals surface area contributed by atoms with E-state index in [2.05, 4.69) is 5.32 Å². The molecule has 1 N–H and O–H groups in total. The molecule has 1 heterocycles. The number of benzene rings is 1. The van der Waals surface area contributed by atoms with Gasteiger partial charge in [-0.3, -0.25) is 9.59 Å². The van der Waals surface area contributed by atoms with Gasteiger partial charge in [0.15, 0.2) is 0 Å². The molecular formula is C17H22N2O2. The predicted octanol–water partition coefficient (Wildman–Crippen LogP) is 2.34. The molecule has 2 aliphatic rings. The molecule has 1 saturated heterocycles. The highest BCUT2D eigenvalue weighted by atomic mass is 16.2. The van der Waals surface area contributed by atoms with Crippen molar-refractivity contribution in [2.45, 2.75) is 38.6 Å². The maximum absolute atomic E-state index is 12.3. The zero-order chi connectivity index (χ0) is 14.7. The molecule has 2 amide bonds. The number of carbonyl (C=O) groups is 2. The number of carbonyl (C=O) groups excluding carboxylic acids is 2. The molecule has 4 heteroatoms. The molecule has 112 valence electrons. The molecular weight excluding hydrogens is 264 g/mol. The van der Waals surface area contributed by atoms with Gasteiger partial charge in [0.1, 0.15) is 0 Å². The second-order valence-electron chi connectivity index (χ2n) is 6.04. The summed E-state index contributed by atoms with van der Waals surface area (Å²) in [6.07, 6.45) is 5.49. The fourth-order valence-corrected chi connectivity index (χ4v) is 2.72. The second-order valence-corrected chi connectivity index (χ2v) is 6.04. The van der Waals surface area contributed by atoms with Crippen LogP contribution in [0.2, 0.25) is 0 Å². The molecule has 1 aromatic carbocycles. The zero-order valence-electron chi connectivity index (χ0n) is 12.3. The van der Waals surface area contributed by atoms with E-state index >= 15 is 0 Å². The summed E-state index contributed by atoms with van der Waals surface area (Å²) in [6.45, 7) is 2.30. The van der Waals surface area contributed by atoms with Gasteiger partial charge in [-0.15, -0.1) is 0 Å². The van der Waals surface area contributed by atoms with E-state index in [0.717, 1.165) is 49.9 Å². The molecule has 1 aliphatic heterocycles. The topological polar surface area (TPSA) is 49.4 Å². The van der Waals surface area contributed by atoms with Gasteiger partial charge in [-0.05, 0) is 49.8 Å². The van der Waals surface area contributed by atoms with E-state index in [0.29, 0.717) is 6.54 Å². The molecule has 0 unspecified atom stereocenters. The largest absolute Gasteiger partial charge is 0.352 e. The monoisotopic (exact) mass is 286 g/mol. The van der Waals surface area contributed by atoms with Crippen LogP contribution in [0.25, 0.3) is 0 Å². The molecule has 1 saturated carbocycles. The van der Waals surface area contributed by atoms with Crippen molar-refractivity contribution in [1.29, 1.82) is 0 Å². The lowest BCUT2D eigenvalue weighted by atomic mass is 10.1. The smallest absolute Gasteiger partial charge is 0.253 e. The van der Waals surface area contributed by atoms with E-state index in [-0.39, 0.29) is 17.7 Å². The Kier molecular flexibility index (Phi) is 4.23. The van der Waals surface area contributed by atoms with E-state index in [4.69, 9.17) is 0 Å². The lowest BCUT2D eigenvalue weighted by Gasteiger charge is -2.26. The third-order valence-corrected chi connectivity index (χ3v) is 4.26. The van der Waals surface area contributed by atoms with Gasteiger partial charge in [-0.2, -0.15) is 0 Å². The Bertz CT molecular complexity index is 514. The van der Waals surface area contributed by atoms with Crippen LogP contribution in [0.3, 0.4) is 0 Å². The molecule has 0 spiro atoms. The van der Waals surface area contributed by atoms with Crippen molar-refractivity contribution in [1.82, 2.24) is 10.2 Å². The SMILES string of the molecule is O=C(NCc1ccc(C(=O)N2CCCCC2)cc1)C1CC1. The van der Waals surface area contributed by atoms with Gasteiger partial charge in [0.05, 0.1) is 0 Å². The van der Waals surface area contributed by atoms with Crippen LogP contribution in [0.4, 0.5) is 0 Å². The lowest BCUT2D eigenvalue weighted by molar-refractivity contribution is -0.122. The highest BCUT2D eigenvalue weighted by Gasteiger charge is 2.29. The summed E-state index contributed by atoms with van der Waals surface area (Å²) in [4.78, 5) is 25.9. The normalized spacial score (nSPS) is 18.4. The zero-order valence-corrected chi connectivity index (χ0v) is 12.3. The number of nitrogens with one attached hydrogen (secondary N) is 1. The first-order valence-electron chi connectivity index (χ1n) is 7.90. The van der Waals surface area contributed by atoms with Crippen LogP contribution in [0, 0.1) is 5.92 Å². The molecule has 2 fully saturated rings. The minimum Gasteiger partial charge on any atom is -0.352 e. The first-order valence-corrected chi connectivity index (χ1v) is 7.90. The Hall–Kier alpha value is -1.84. The number of piperidine rings is 1. The first kappa shape index (κ1) is 14.1. The minimum absolute atomic E-state index is 0.128. The van der Waals surface area contributed by atoms with E-state index in [1.54, 1.807) is 0 Å². The molecule has 4 nitrogen and oxygen atoms in total. The van der Waals surface area contributed by atoms with Crippen LogP contribution < -0.4 is 5.32 Å². The highest BCUT2D eigenvalue weighted by Crippen LogP contribution is 2.28. The van der Waals surface area contributed by atoms with Crippen LogP contribution >= 0.6 is 0 Å². The highest BCUT2D eigenvalue weighted by molar-refractivity contribution is 5.94. The van der Waals surface area contributed by atoms with Crippen LogP contribution in [0.1, 0.15) is 48.0 Å². The molecule has 0 radical (unpaired) electrons. The van der Waals surface area contributed by atoms with E-state index in [1.165, 1.54) is 6.42 Å². The van der Waals surface area contributed by atoms with Crippen molar-refractivity contribution >= 4 is 11.8 Å². The van der Waals surface area contributed by atoms with Crippen molar-refractivity contribution in [3.8, 4) is 0 Å². The standard InChI is InChI=1S/C17H22N2O2/c20-16(14-8-9-14)18-12-13-4-6-15(7-5-13)17(21)19-10-2-1-3-11-19/h4-7,14H,1-3,8-12H2,(H,18,20). The van der Waals surface area contributed by atoms with Crippen molar-refractivity contribution in [2.24, 2.45) is 5.92 Å². The van der Waals surface area contributed by atoms with E-state index in [9.17, 15) is 9.59 Å². The first-order chi connectivity index (χ1) is 10.2. The lowest BCUT2D eigenvalue weighted by Crippen LogP contribution is -2.35. The fraction of sp³-hybridized carbons (Fsp3) is 0.529. The maximum atomic E-state index is 12.3. The average molecular weight is 286 g/mol. The third-order valence-electron chi connectivity index (χ3n) is 4.26. The van der Waals surface area contributed by atoms with Crippen LogP contribution in [0.15, 0.2) is 24.3 Å². The van der Waals surface area contributed by atoms with Gasteiger partial charge in [-0.1, -0.05) is 12.1 Å². The second kappa shape index (κ2) is 6.29. The van der Waals surface area contributed by atoms with Gasteiger partial charge in [-0.25, -0.2) is 0 Å². The number of hydrogen-bond acceptors (Lipinski definition) is 2. The summed E-state index contributed by atoms with van der Waals surface area (Å²) in [5, 5.41) is 2.94. The van der Waals surface area contributed by atoms with E-state index < -0.39 is 0 Å². The van der Waals surface area contributed by atoms with Crippen LogP contribution in [0.5, 0.6) is 0 Å². The number of nitrogens with zero attached hydrogens (tertiary/aromatic N) is 1. The Labute approximate surface area is 125 Å². The molecule has 3 rings (SSSR count). The van der Waals surface area contributed by atoms with Gasteiger partial charge >= 0.3 is 0 Å². The third kappa shape index (κ3) is 3.63. The molecule has 21 heavy (non-hydrogen) atoms. The average Bonchev–Trinajstić information content (AvgIpc) is 3.38. The molecule has 1 aliphatic carbocycles. The van der Waals surface area contributed by atoms with Gasteiger partial charge in [0.2, 0.25) is 5.91 Å². The molecule has 1 aromatic rings. The van der Waals surface area contributed by atoms with Gasteiger partial charge in [0, 0.05) is 31.1 Å². The molecule has 0 aromatic heterocycles. The van der Waals surface area contributed by atoms with Crippen molar-refractivity contribution in [3.05, 3.63) is 35.4 Å². The summed E-state index contributed by atoms with van der Waals surface area (Å²) < 4.78 is 0. The van der Waals surface area contributed by atoms with Gasteiger partial charge < -0.3 is 10.2 Å². The summed E-state index contributed by atoms with van der Waals surface area (Å²) in [7, 11) is 0. The number of likely N-dealkylation sites (tertiary alicyclic amines) is 1. The summed E-state index contributed by atoms with van der Waals surface area (Å²) in [6, 6.07) is 7.61. The van der Waals surface area contributed by atoms with Crippen LogP contribution in [-0.2, 0) is 11.3 Å². The molecule has 0 atom stereocenters. The number of amides is 2. The quantitative estimate of drug-likeness (QED) is 0.923.